The standard InChI is InChI=1S/C16H18N4O5/c1-9-14(20-25-19-9)16(22)18-12-8-23-7-6-13(12)24-11-4-2-10(3-5-11)15(17)21/h2-5,12-13H,6-8H2,1H3,(H2,17,21)(H,18,22)/t12-,13-/m1/s1. The van der Waals surface area contributed by atoms with Crippen molar-refractivity contribution in [3.05, 3.63) is 41.2 Å². The van der Waals surface area contributed by atoms with Crippen molar-refractivity contribution in [2.45, 2.75) is 25.5 Å². The van der Waals surface area contributed by atoms with E-state index in [4.69, 9.17) is 15.2 Å². The van der Waals surface area contributed by atoms with Crippen LogP contribution in [0.15, 0.2) is 28.9 Å². The number of aryl methyl sites for hydroxylation is 1. The number of amides is 2. The van der Waals surface area contributed by atoms with Crippen LogP contribution in [-0.4, -0.2) is 47.5 Å². The minimum absolute atomic E-state index is 0.134. The molecule has 9 nitrogen and oxygen atoms in total. The van der Waals surface area contributed by atoms with Gasteiger partial charge in [-0.25, -0.2) is 4.63 Å². The summed E-state index contributed by atoms with van der Waals surface area (Å²) in [5.74, 6) is -0.318. The van der Waals surface area contributed by atoms with Crippen LogP contribution in [0.2, 0.25) is 0 Å². The summed E-state index contributed by atoms with van der Waals surface area (Å²) < 4.78 is 15.9. The number of benzene rings is 1. The van der Waals surface area contributed by atoms with Gasteiger partial charge in [-0.15, -0.1) is 0 Å². The van der Waals surface area contributed by atoms with E-state index in [0.29, 0.717) is 36.6 Å². The number of nitrogens with one attached hydrogen (secondary N) is 1. The Morgan fingerprint density at radius 1 is 1.28 bits per heavy atom. The predicted molar refractivity (Wildman–Crippen MR) is 85.1 cm³/mol. The first-order chi connectivity index (χ1) is 12.0. The number of carbonyl (C=O) groups excluding carboxylic acids is 2. The average molecular weight is 346 g/mol. The van der Waals surface area contributed by atoms with Gasteiger partial charge in [0.25, 0.3) is 5.91 Å². The van der Waals surface area contributed by atoms with Gasteiger partial charge in [0.15, 0.2) is 5.69 Å². The van der Waals surface area contributed by atoms with Crippen molar-refractivity contribution in [2.24, 2.45) is 5.73 Å². The molecule has 0 spiro atoms. The fourth-order valence-corrected chi connectivity index (χ4v) is 2.54. The monoisotopic (exact) mass is 346 g/mol. The second kappa shape index (κ2) is 7.31. The van der Waals surface area contributed by atoms with Crippen LogP contribution < -0.4 is 15.8 Å². The smallest absolute Gasteiger partial charge is 0.275 e. The summed E-state index contributed by atoms with van der Waals surface area (Å²) >= 11 is 0. The predicted octanol–water partition coefficient (Wildman–Crippen LogP) is 0.443. The van der Waals surface area contributed by atoms with Gasteiger partial charge in [0.2, 0.25) is 5.91 Å². The lowest BCUT2D eigenvalue weighted by atomic mass is 10.1. The van der Waals surface area contributed by atoms with E-state index in [1.54, 1.807) is 31.2 Å². The van der Waals surface area contributed by atoms with Crippen LogP contribution in [-0.2, 0) is 4.74 Å². The zero-order chi connectivity index (χ0) is 17.8. The summed E-state index contributed by atoms with van der Waals surface area (Å²) in [6, 6.07) is 6.16. The van der Waals surface area contributed by atoms with Crippen molar-refractivity contribution in [3.8, 4) is 5.75 Å². The van der Waals surface area contributed by atoms with Gasteiger partial charge < -0.3 is 20.5 Å². The molecule has 2 amide bonds. The van der Waals surface area contributed by atoms with E-state index in [2.05, 4.69) is 20.3 Å². The Kier molecular flexibility index (Phi) is 4.94. The third kappa shape index (κ3) is 3.94. The molecule has 1 saturated heterocycles. The fourth-order valence-electron chi connectivity index (χ4n) is 2.54. The summed E-state index contributed by atoms with van der Waals surface area (Å²) in [4.78, 5) is 23.4. The van der Waals surface area contributed by atoms with Gasteiger partial charge in [-0.2, -0.15) is 0 Å². The highest BCUT2D eigenvalue weighted by Crippen LogP contribution is 2.19. The molecular formula is C16H18N4O5. The maximum Gasteiger partial charge on any atom is 0.275 e. The van der Waals surface area contributed by atoms with Crippen molar-refractivity contribution < 1.29 is 23.7 Å². The molecular weight excluding hydrogens is 328 g/mol. The van der Waals surface area contributed by atoms with Crippen LogP contribution in [0, 0.1) is 6.92 Å². The SMILES string of the molecule is Cc1nonc1C(=O)N[C@@H]1COCC[C@H]1Oc1ccc(C(N)=O)cc1. The maximum atomic E-state index is 12.3. The Morgan fingerprint density at radius 3 is 2.68 bits per heavy atom. The second-order valence-electron chi connectivity index (χ2n) is 5.69. The van der Waals surface area contributed by atoms with E-state index < -0.39 is 11.8 Å². The van der Waals surface area contributed by atoms with Gasteiger partial charge in [-0.1, -0.05) is 5.16 Å². The van der Waals surface area contributed by atoms with E-state index in [-0.39, 0.29) is 17.8 Å². The lowest BCUT2D eigenvalue weighted by molar-refractivity contribution is -0.00300. The lowest BCUT2D eigenvalue weighted by Crippen LogP contribution is -2.52. The van der Waals surface area contributed by atoms with Crippen LogP contribution in [0.5, 0.6) is 5.75 Å². The molecule has 2 heterocycles. The molecule has 2 atom stereocenters. The number of carbonyl (C=O) groups is 2. The number of hydrogen-bond acceptors (Lipinski definition) is 7. The lowest BCUT2D eigenvalue weighted by Gasteiger charge is -2.32. The minimum atomic E-state index is -0.501. The number of hydrogen-bond donors (Lipinski definition) is 2. The number of nitrogens with zero attached hydrogens (tertiary/aromatic N) is 2. The first-order valence-electron chi connectivity index (χ1n) is 7.79. The largest absolute Gasteiger partial charge is 0.488 e. The molecule has 3 N–H and O–H groups in total. The van der Waals surface area contributed by atoms with E-state index in [1.807, 2.05) is 0 Å². The molecule has 0 aliphatic carbocycles. The number of aromatic nitrogens is 2. The Bertz CT molecular complexity index is 758. The molecule has 3 rings (SSSR count). The summed E-state index contributed by atoms with van der Waals surface area (Å²) in [6.07, 6.45) is 0.329. The van der Waals surface area contributed by atoms with E-state index >= 15 is 0 Å². The molecule has 0 saturated carbocycles. The van der Waals surface area contributed by atoms with Crippen LogP contribution in [0.25, 0.3) is 0 Å². The third-order valence-electron chi connectivity index (χ3n) is 3.90. The highest BCUT2D eigenvalue weighted by atomic mass is 16.6. The van der Waals surface area contributed by atoms with Crippen molar-refractivity contribution in [1.29, 1.82) is 0 Å². The molecule has 1 fully saturated rings. The summed E-state index contributed by atoms with van der Waals surface area (Å²) in [6.45, 7) is 2.48. The first kappa shape index (κ1) is 16.9. The van der Waals surface area contributed by atoms with Crippen molar-refractivity contribution in [1.82, 2.24) is 15.6 Å². The number of rotatable bonds is 5. The van der Waals surface area contributed by atoms with Crippen molar-refractivity contribution in [3.63, 3.8) is 0 Å². The topological polar surface area (TPSA) is 130 Å². The van der Waals surface area contributed by atoms with Crippen LogP contribution in [0.3, 0.4) is 0 Å². The summed E-state index contributed by atoms with van der Waals surface area (Å²) in [7, 11) is 0. The number of nitrogens with two attached hydrogens (primary N) is 1. The number of ether oxygens (including phenoxy) is 2. The maximum absolute atomic E-state index is 12.3. The van der Waals surface area contributed by atoms with E-state index in [9.17, 15) is 9.59 Å². The average Bonchev–Trinajstić information content (AvgIpc) is 3.03. The van der Waals surface area contributed by atoms with Gasteiger partial charge in [-0.05, 0) is 36.3 Å². The zero-order valence-electron chi connectivity index (χ0n) is 13.6. The van der Waals surface area contributed by atoms with Crippen LogP contribution in [0.1, 0.15) is 33.0 Å². The van der Waals surface area contributed by atoms with Gasteiger partial charge in [0, 0.05) is 12.0 Å². The van der Waals surface area contributed by atoms with Gasteiger partial charge in [0.1, 0.15) is 17.5 Å². The van der Waals surface area contributed by atoms with Gasteiger partial charge in [-0.3, -0.25) is 9.59 Å². The highest BCUT2D eigenvalue weighted by molar-refractivity contribution is 5.93. The molecule has 2 aromatic rings. The van der Waals surface area contributed by atoms with Crippen molar-refractivity contribution in [2.75, 3.05) is 13.2 Å². The normalized spacial score (nSPS) is 20.0. The zero-order valence-corrected chi connectivity index (χ0v) is 13.6. The Morgan fingerprint density at radius 2 is 2.04 bits per heavy atom. The van der Waals surface area contributed by atoms with Crippen LogP contribution >= 0.6 is 0 Å². The van der Waals surface area contributed by atoms with E-state index in [1.165, 1.54) is 0 Å². The Labute approximate surface area is 143 Å². The molecule has 0 radical (unpaired) electrons. The summed E-state index contributed by atoms with van der Waals surface area (Å²) in [5.41, 5.74) is 6.17. The van der Waals surface area contributed by atoms with E-state index in [0.717, 1.165) is 0 Å². The molecule has 1 aromatic carbocycles. The molecule has 0 unspecified atom stereocenters. The third-order valence-corrected chi connectivity index (χ3v) is 3.90. The minimum Gasteiger partial charge on any atom is -0.488 e. The quantitative estimate of drug-likeness (QED) is 0.803. The number of primary amides is 1. The molecule has 1 aromatic heterocycles. The highest BCUT2D eigenvalue weighted by Gasteiger charge is 2.30. The second-order valence-corrected chi connectivity index (χ2v) is 5.69. The molecule has 0 bridgehead atoms. The first-order valence-corrected chi connectivity index (χ1v) is 7.79. The molecule has 1 aliphatic heterocycles. The molecule has 25 heavy (non-hydrogen) atoms. The fraction of sp³-hybridized carbons (Fsp3) is 0.375. The Hall–Kier alpha value is -2.94. The molecule has 132 valence electrons. The van der Waals surface area contributed by atoms with Crippen LogP contribution in [0.4, 0.5) is 0 Å². The molecule has 1 aliphatic rings. The molecule has 9 heteroatoms. The van der Waals surface area contributed by atoms with Gasteiger partial charge in [0.05, 0.1) is 19.3 Å². The van der Waals surface area contributed by atoms with Crippen molar-refractivity contribution >= 4 is 11.8 Å². The summed E-state index contributed by atoms with van der Waals surface area (Å²) in [5, 5.41) is 10.0. The Balaban J connectivity index is 1.67. The van der Waals surface area contributed by atoms with Gasteiger partial charge >= 0.3 is 0 Å².